The quantitative estimate of drug-likeness (QED) is 0.836. The lowest BCUT2D eigenvalue weighted by atomic mass is 10.2. The number of ether oxygens (including phenoxy) is 2. The van der Waals surface area contributed by atoms with E-state index < -0.39 is 0 Å². The summed E-state index contributed by atoms with van der Waals surface area (Å²) in [5.74, 6) is 1.43. The number of nitrogens with one attached hydrogen (secondary N) is 2. The van der Waals surface area contributed by atoms with E-state index in [9.17, 15) is 4.79 Å². The van der Waals surface area contributed by atoms with E-state index in [4.69, 9.17) is 9.47 Å². The molecule has 2 aliphatic rings. The molecule has 2 aromatic carbocycles. The monoisotopic (exact) mass is 353 g/mol. The number of anilines is 2. The lowest BCUT2D eigenvalue weighted by Crippen LogP contribution is -2.29. The fraction of sp³-hybridized carbons (Fsp3) is 0.350. The molecule has 0 atom stereocenters. The van der Waals surface area contributed by atoms with Gasteiger partial charge in [-0.15, -0.1) is 0 Å². The van der Waals surface area contributed by atoms with Crippen LogP contribution in [-0.4, -0.2) is 32.3 Å². The maximum Gasteiger partial charge on any atom is 0.239 e. The zero-order valence-corrected chi connectivity index (χ0v) is 14.7. The van der Waals surface area contributed by atoms with E-state index >= 15 is 0 Å². The zero-order chi connectivity index (χ0) is 17.8. The third kappa shape index (κ3) is 3.85. The third-order valence-corrected chi connectivity index (χ3v) is 4.72. The van der Waals surface area contributed by atoms with Crippen LogP contribution in [0.5, 0.6) is 11.5 Å². The van der Waals surface area contributed by atoms with Crippen LogP contribution in [0.1, 0.15) is 18.4 Å². The second kappa shape index (κ2) is 7.56. The van der Waals surface area contributed by atoms with Crippen LogP contribution in [0.15, 0.2) is 42.5 Å². The fourth-order valence-corrected chi connectivity index (χ4v) is 3.26. The van der Waals surface area contributed by atoms with E-state index in [0.717, 1.165) is 35.8 Å². The molecule has 0 spiro atoms. The Morgan fingerprint density at radius 1 is 1.00 bits per heavy atom. The summed E-state index contributed by atoms with van der Waals surface area (Å²) in [4.78, 5) is 14.5. The van der Waals surface area contributed by atoms with E-state index in [-0.39, 0.29) is 19.2 Å². The number of amides is 1. The molecule has 2 N–H and O–H groups in total. The lowest BCUT2D eigenvalue weighted by molar-refractivity contribution is -0.119. The molecule has 26 heavy (non-hydrogen) atoms. The van der Waals surface area contributed by atoms with Gasteiger partial charge in [0, 0.05) is 31.0 Å². The number of nitrogens with zero attached hydrogens (tertiary/aromatic N) is 1. The molecule has 2 aliphatic heterocycles. The molecule has 0 aliphatic carbocycles. The maximum absolute atomic E-state index is 12.1. The van der Waals surface area contributed by atoms with Crippen molar-refractivity contribution in [1.29, 1.82) is 0 Å². The summed E-state index contributed by atoms with van der Waals surface area (Å²) in [7, 11) is 0. The van der Waals surface area contributed by atoms with Gasteiger partial charge in [-0.1, -0.05) is 6.07 Å². The lowest BCUT2D eigenvalue weighted by Gasteiger charge is -2.18. The molecule has 0 aromatic heterocycles. The van der Waals surface area contributed by atoms with Crippen LogP contribution in [0.3, 0.4) is 0 Å². The van der Waals surface area contributed by atoms with Crippen LogP contribution in [0.4, 0.5) is 11.4 Å². The maximum atomic E-state index is 12.1. The summed E-state index contributed by atoms with van der Waals surface area (Å²) < 4.78 is 10.6. The number of benzene rings is 2. The SMILES string of the molecule is O=C(CNc1ccc(N2CCCC2)cc1)NCc1ccc2c(c1)OCO2. The molecule has 0 bridgehead atoms. The number of carbonyl (C=O) groups is 1. The average Bonchev–Trinajstić information content (AvgIpc) is 3.36. The van der Waals surface area contributed by atoms with Crippen LogP contribution >= 0.6 is 0 Å². The normalized spacial score (nSPS) is 15.2. The van der Waals surface area contributed by atoms with Crippen molar-refractivity contribution < 1.29 is 14.3 Å². The first kappa shape index (κ1) is 16.6. The summed E-state index contributed by atoms with van der Waals surface area (Å²) in [6.45, 7) is 3.23. The van der Waals surface area contributed by atoms with E-state index in [2.05, 4.69) is 27.7 Å². The van der Waals surface area contributed by atoms with Gasteiger partial charge in [0.15, 0.2) is 11.5 Å². The molecule has 2 heterocycles. The molecule has 0 radical (unpaired) electrons. The van der Waals surface area contributed by atoms with Gasteiger partial charge in [0.25, 0.3) is 0 Å². The summed E-state index contributed by atoms with van der Waals surface area (Å²) >= 11 is 0. The largest absolute Gasteiger partial charge is 0.454 e. The Labute approximate surface area is 153 Å². The molecule has 0 saturated carbocycles. The first-order valence-electron chi connectivity index (χ1n) is 9.02. The molecule has 6 nitrogen and oxygen atoms in total. The molecule has 1 saturated heterocycles. The molecular weight excluding hydrogens is 330 g/mol. The Morgan fingerprint density at radius 3 is 2.58 bits per heavy atom. The van der Waals surface area contributed by atoms with Gasteiger partial charge in [-0.3, -0.25) is 4.79 Å². The number of fused-ring (bicyclic) bond motifs is 1. The van der Waals surface area contributed by atoms with Crippen molar-refractivity contribution in [2.24, 2.45) is 0 Å². The van der Waals surface area contributed by atoms with Gasteiger partial charge in [-0.05, 0) is 54.8 Å². The van der Waals surface area contributed by atoms with Crippen LogP contribution in [0.25, 0.3) is 0 Å². The summed E-state index contributed by atoms with van der Waals surface area (Å²) in [6, 6.07) is 14.0. The Hall–Kier alpha value is -2.89. The minimum absolute atomic E-state index is 0.0497. The van der Waals surface area contributed by atoms with Crippen molar-refractivity contribution in [3.63, 3.8) is 0 Å². The summed E-state index contributed by atoms with van der Waals surface area (Å²) in [5, 5.41) is 6.08. The van der Waals surface area contributed by atoms with Crippen molar-refractivity contribution in [3.8, 4) is 11.5 Å². The highest BCUT2D eigenvalue weighted by Gasteiger charge is 2.14. The van der Waals surface area contributed by atoms with Crippen molar-refractivity contribution in [2.75, 3.05) is 36.6 Å². The van der Waals surface area contributed by atoms with Gasteiger partial charge >= 0.3 is 0 Å². The van der Waals surface area contributed by atoms with Crippen LogP contribution in [-0.2, 0) is 11.3 Å². The molecule has 1 amide bonds. The summed E-state index contributed by atoms with van der Waals surface area (Å²) in [5.41, 5.74) is 3.18. The summed E-state index contributed by atoms with van der Waals surface area (Å²) in [6.07, 6.45) is 2.53. The van der Waals surface area contributed by atoms with E-state index in [1.54, 1.807) is 0 Å². The van der Waals surface area contributed by atoms with Gasteiger partial charge in [0.2, 0.25) is 12.7 Å². The highest BCUT2D eigenvalue weighted by Crippen LogP contribution is 2.32. The van der Waals surface area contributed by atoms with Crippen LogP contribution in [0.2, 0.25) is 0 Å². The third-order valence-electron chi connectivity index (χ3n) is 4.72. The standard InChI is InChI=1S/C20H23N3O3/c24-20(22-12-15-3-8-18-19(11-15)26-14-25-18)13-21-16-4-6-17(7-5-16)23-9-1-2-10-23/h3-8,11,21H,1-2,9-10,12-14H2,(H,22,24). The van der Waals surface area contributed by atoms with Gasteiger partial charge in [0.05, 0.1) is 6.54 Å². The molecule has 136 valence electrons. The number of rotatable bonds is 6. The predicted octanol–water partition coefficient (Wildman–Crippen LogP) is 2.74. The van der Waals surface area contributed by atoms with Crippen molar-refractivity contribution >= 4 is 17.3 Å². The number of hydrogen-bond donors (Lipinski definition) is 2. The van der Waals surface area contributed by atoms with Gasteiger partial charge in [0.1, 0.15) is 0 Å². The van der Waals surface area contributed by atoms with E-state index in [1.165, 1.54) is 18.5 Å². The first-order valence-corrected chi connectivity index (χ1v) is 9.02. The molecule has 1 fully saturated rings. The minimum atomic E-state index is -0.0497. The Balaban J connectivity index is 1.23. The van der Waals surface area contributed by atoms with E-state index in [1.807, 2.05) is 30.3 Å². The molecule has 6 heteroatoms. The molecule has 0 unspecified atom stereocenters. The first-order chi connectivity index (χ1) is 12.8. The fourth-order valence-electron chi connectivity index (χ4n) is 3.26. The van der Waals surface area contributed by atoms with Crippen molar-refractivity contribution in [1.82, 2.24) is 5.32 Å². The molecule has 4 rings (SSSR count). The predicted molar refractivity (Wildman–Crippen MR) is 101 cm³/mol. The van der Waals surface area contributed by atoms with Gasteiger partial charge in [-0.25, -0.2) is 0 Å². The average molecular weight is 353 g/mol. The Kier molecular flexibility index (Phi) is 4.82. The highest BCUT2D eigenvalue weighted by atomic mass is 16.7. The number of hydrogen-bond acceptors (Lipinski definition) is 5. The van der Waals surface area contributed by atoms with E-state index in [0.29, 0.717) is 6.54 Å². The molecule has 2 aromatic rings. The highest BCUT2D eigenvalue weighted by molar-refractivity contribution is 5.80. The minimum Gasteiger partial charge on any atom is -0.454 e. The van der Waals surface area contributed by atoms with Gasteiger partial charge in [-0.2, -0.15) is 0 Å². The van der Waals surface area contributed by atoms with Crippen molar-refractivity contribution in [3.05, 3.63) is 48.0 Å². The second-order valence-corrected chi connectivity index (χ2v) is 6.56. The van der Waals surface area contributed by atoms with Gasteiger partial charge < -0.3 is 25.0 Å². The van der Waals surface area contributed by atoms with Crippen LogP contribution in [0, 0.1) is 0 Å². The number of carbonyl (C=O) groups excluding carboxylic acids is 1. The Bertz CT molecular complexity index is 770. The topological polar surface area (TPSA) is 62.8 Å². The smallest absolute Gasteiger partial charge is 0.239 e. The Morgan fingerprint density at radius 2 is 1.77 bits per heavy atom. The second-order valence-electron chi connectivity index (χ2n) is 6.56. The van der Waals surface area contributed by atoms with Crippen LogP contribution < -0.4 is 25.0 Å². The van der Waals surface area contributed by atoms with Crippen molar-refractivity contribution in [2.45, 2.75) is 19.4 Å². The zero-order valence-electron chi connectivity index (χ0n) is 14.7. The molecular formula is C20H23N3O3.